The van der Waals surface area contributed by atoms with Gasteiger partial charge in [-0.1, -0.05) is 23.7 Å². The zero-order valence-electron chi connectivity index (χ0n) is 10.2. The van der Waals surface area contributed by atoms with Crippen molar-refractivity contribution >= 4 is 17.4 Å². The molecule has 2 N–H and O–H groups in total. The molecule has 0 atom stereocenters. The van der Waals surface area contributed by atoms with Crippen LogP contribution in [0.3, 0.4) is 0 Å². The van der Waals surface area contributed by atoms with Gasteiger partial charge >= 0.3 is 0 Å². The first-order chi connectivity index (χ1) is 8.63. The van der Waals surface area contributed by atoms with E-state index in [2.05, 4.69) is 20.9 Å². The number of aromatic nitrogens is 2. The van der Waals surface area contributed by atoms with Crippen LogP contribution in [0.2, 0.25) is 5.02 Å². The molecule has 0 fully saturated rings. The molecule has 2 aromatic rings. The molecule has 4 nitrogen and oxygen atoms in total. The Morgan fingerprint density at radius 1 is 1.22 bits per heavy atom. The molecule has 1 aromatic heterocycles. The molecule has 0 aliphatic heterocycles. The summed E-state index contributed by atoms with van der Waals surface area (Å²) in [5.41, 5.74) is 7.57. The van der Waals surface area contributed by atoms with E-state index in [4.69, 9.17) is 17.3 Å². The third-order valence-electron chi connectivity index (χ3n) is 2.50. The van der Waals surface area contributed by atoms with Crippen LogP contribution in [0.15, 0.2) is 36.7 Å². The lowest BCUT2D eigenvalue weighted by molar-refractivity contribution is 0.314. The number of anilines is 1. The quantitative estimate of drug-likeness (QED) is 0.919. The van der Waals surface area contributed by atoms with Crippen LogP contribution >= 0.6 is 11.6 Å². The summed E-state index contributed by atoms with van der Waals surface area (Å²) in [4.78, 5) is 10.4. The minimum absolute atomic E-state index is 0.441. The van der Waals surface area contributed by atoms with Crippen molar-refractivity contribution in [3.63, 3.8) is 0 Å². The molecule has 5 heteroatoms. The van der Waals surface area contributed by atoms with Gasteiger partial charge in [-0.25, -0.2) is 4.98 Å². The Labute approximate surface area is 111 Å². The zero-order valence-corrected chi connectivity index (χ0v) is 10.9. The van der Waals surface area contributed by atoms with Crippen molar-refractivity contribution in [2.24, 2.45) is 0 Å². The van der Waals surface area contributed by atoms with Crippen molar-refractivity contribution in [2.45, 2.75) is 13.1 Å². The second-order valence-corrected chi connectivity index (χ2v) is 4.67. The molecule has 0 aliphatic rings. The molecule has 94 valence electrons. The third-order valence-corrected chi connectivity index (χ3v) is 2.73. The van der Waals surface area contributed by atoms with Gasteiger partial charge in [-0.15, -0.1) is 0 Å². The lowest BCUT2D eigenvalue weighted by Crippen LogP contribution is -2.18. The SMILES string of the molecule is CN(Cc1cccc(Cl)c1)Cc1cnc(N)cn1. The van der Waals surface area contributed by atoms with Gasteiger partial charge in [0.15, 0.2) is 0 Å². The second-order valence-electron chi connectivity index (χ2n) is 4.23. The van der Waals surface area contributed by atoms with Crippen molar-refractivity contribution in [3.8, 4) is 0 Å². The smallest absolute Gasteiger partial charge is 0.141 e. The van der Waals surface area contributed by atoms with E-state index in [1.54, 1.807) is 12.4 Å². The molecule has 0 bridgehead atoms. The number of hydrogen-bond donors (Lipinski definition) is 1. The molecule has 0 aliphatic carbocycles. The number of nitrogen functional groups attached to an aromatic ring is 1. The highest BCUT2D eigenvalue weighted by atomic mass is 35.5. The Kier molecular flexibility index (Phi) is 4.12. The molecule has 0 radical (unpaired) electrons. The molecule has 2 rings (SSSR count). The van der Waals surface area contributed by atoms with E-state index < -0.39 is 0 Å². The molecule has 18 heavy (non-hydrogen) atoms. The third kappa shape index (κ3) is 3.68. The maximum atomic E-state index is 5.95. The van der Waals surface area contributed by atoms with Crippen LogP contribution in [0.1, 0.15) is 11.3 Å². The molecular formula is C13H15ClN4. The Hall–Kier alpha value is -1.65. The van der Waals surface area contributed by atoms with E-state index >= 15 is 0 Å². The number of rotatable bonds is 4. The fraction of sp³-hybridized carbons (Fsp3) is 0.231. The standard InChI is InChI=1S/C13H15ClN4/c1-18(8-10-3-2-4-11(14)5-10)9-12-6-17-13(15)7-16-12/h2-7H,8-9H2,1H3,(H2,15,17). The van der Waals surface area contributed by atoms with Gasteiger partial charge in [0.1, 0.15) is 5.82 Å². The average molecular weight is 263 g/mol. The van der Waals surface area contributed by atoms with Crippen LogP contribution in [-0.4, -0.2) is 21.9 Å². The monoisotopic (exact) mass is 262 g/mol. The van der Waals surface area contributed by atoms with Gasteiger partial charge in [-0.3, -0.25) is 9.88 Å². The second kappa shape index (κ2) is 5.80. The highest BCUT2D eigenvalue weighted by Gasteiger charge is 2.03. The molecule has 0 spiro atoms. The summed E-state index contributed by atoms with van der Waals surface area (Å²) in [7, 11) is 2.03. The Morgan fingerprint density at radius 3 is 2.72 bits per heavy atom. The number of halogens is 1. The van der Waals surface area contributed by atoms with Crippen LogP contribution in [0.4, 0.5) is 5.82 Å². The molecule has 0 unspecified atom stereocenters. The van der Waals surface area contributed by atoms with E-state index in [0.717, 1.165) is 23.8 Å². The summed E-state index contributed by atoms with van der Waals surface area (Å²) in [5.74, 6) is 0.441. The number of nitrogens with zero attached hydrogens (tertiary/aromatic N) is 3. The average Bonchev–Trinajstić information content (AvgIpc) is 2.32. The van der Waals surface area contributed by atoms with E-state index in [0.29, 0.717) is 5.82 Å². The van der Waals surface area contributed by atoms with E-state index in [1.165, 1.54) is 5.56 Å². The Morgan fingerprint density at radius 2 is 2.06 bits per heavy atom. The molecule has 0 saturated heterocycles. The number of hydrogen-bond acceptors (Lipinski definition) is 4. The first-order valence-electron chi connectivity index (χ1n) is 5.63. The van der Waals surface area contributed by atoms with Gasteiger partial charge < -0.3 is 5.73 Å². The number of benzene rings is 1. The minimum atomic E-state index is 0.441. The molecule has 1 aromatic carbocycles. The van der Waals surface area contributed by atoms with Crippen LogP contribution in [0.25, 0.3) is 0 Å². The predicted molar refractivity (Wildman–Crippen MR) is 73.1 cm³/mol. The van der Waals surface area contributed by atoms with E-state index in [9.17, 15) is 0 Å². The van der Waals surface area contributed by atoms with E-state index in [1.807, 2.05) is 25.2 Å². The summed E-state index contributed by atoms with van der Waals surface area (Å²) >= 11 is 5.95. The molecule has 0 amide bonds. The largest absolute Gasteiger partial charge is 0.382 e. The molecular weight excluding hydrogens is 248 g/mol. The van der Waals surface area contributed by atoms with Gasteiger partial charge in [-0.05, 0) is 24.7 Å². The maximum Gasteiger partial charge on any atom is 0.141 e. The first-order valence-corrected chi connectivity index (χ1v) is 6.00. The van der Waals surface area contributed by atoms with Crippen molar-refractivity contribution in [1.82, 2.24) is 14.9 Å². The van der Waals surface area contributed by atoms with Crippen LogP contribution in [0.5, 0.6) is 0 Å². The van der Waals surface area contributed by atoms with Gasteiger partial charge in [-0.2, -0.15) is 0 Å². The lowest BCUT2D eigenvalue weighted by atomic mass is 10.2. The first kappa shape index (κ1) is 12.8. The molecule has 1 heterocycles. The highest BCUT2D eigenvalue weighted by molar-refractivity contribution is 6.30. The van der Waals surface area contributed by atoms with E-state index in [-0.39, 0.29) is 0 Å². The lowest BCUT2D eigenvalue weighted by Gasteiger charge is -2.16. The van der Waals surface area contributed by atoms with Gasteiger partial charge in [0.25, 0.3) is 0 Å². The summed E-state index contributed by atoms with van der Waals surface area (Å²) in [5, 5.41) is 0.758. The van der Waals surface area contributed by atoms with Gasteiger partial charge in [0.05, 0.1) is 18.1 Å². The van der Waals surface area contributed by atoms with Crippen LogP contribution in [-0.2, 0) is 13.1 Å². The zero-order chi connectivity index (χ0) is 13.0. The van der Waals surface area contributed by atoms with Crippen LogP contribution < -0.4 is 5.73 Å². The summed E-state index contributed by atoms with van der Waals surface area (Å²) in [6.45, 7) is 1.53. The van der Waals surface area contributed by atoms with Gasteiger partial charge in [0.2, 0.25) is 0 Å². The minimum Gasteiger partial charge on any atom is -0.382 e. The Balaban J connectivity index is 1.96. The fourth-order valence-electron chi connectivity index (χ4n) is 1.73. The summed E-state index contributed by atoms with van der Waals surface area (Å²) < 4.78 is 0. The van der Waals surface area contributed by atoms with Gasteiger partial charge in [0, 0.05) is 18.1 Å². The summed E-state index contributed by atoms with van der Waals surface area (Å²) in [6, 6.07) is 7.84. The molecule has 0 saturated carbocycles. The van der Waals surface area contributed by atoms with Crippen molar-refractivity contribution < 1.29 is 0 Å². The maximum absolute atomic E-state index is 5.95. The number of nitrogens with two attached hydrogens (primary N) is 1. The van der Waals surface area contributed by atoms with Crippen molar-refractivity contribution in [3.05, 3.63) is 52.9 Å². The topological polar surface area (TPSA) is 55.0 Å². The predicted octanol–water partition coefficient (Wildman–Crippen LogP) is 2.34. The Bertz CT molecular complexity index is 513. The summed E-state index contributed by atoms with van der Waals surface area (Å²) in [6.07, 6.45) is 3.27. The van der Waals surface area contributed by atoms with Crippen molar-refractivity contribution in [2.75, 3.05) is 12.8 Å². The normalized spacial score (nSPS) is 10.8. The fourth-order valence-corrected chi connectivity index (χ4v) is 1.94. The highest BCUT2D eigenvalue weighted by Crippen LogP contribution is 2.13. The van der Waals surface area contributed by atoms with Crippen molar-refractivity contribution in [1.29, 1.82) is 0 Å². The van der Waals surface area contributed by atoms with Crippen LogP contribution in [0, 0.1) is 0 Å².